The van der Waals surface area contributed by atoms with Gasteiger partial charge in [-0.1, -0.05) is 0 Å². The Morgan fingerprint density at radius 3 is 2.73 bits per heavy atom. The monoisotopic (exact) mass is 415 g/mol. The summed E-state index contributed by atoms with van der Waals surface area (Å²) >= 11 is 0. The summed E-state index contributed by atoms with van der Waals surface area (Å²) in [6.07, 6.45) is 1.74. The van der Waals surface area contributed by atoms with E-state index in [0.717, 1.165) is 35.4 Å². The molecule has 0 fully saturated rings. The number of unbranched alkanes of at least 4 members (excludes halogenated alkanes) is 1. The molecule has 0 saturated carbocycles. The van der Waals surface area contributed by atoms with Gasteiger partial charge in [-0.15, -0.1) is 10.2 Å². The van der Waals surface area contributed by atoms with E-state index in [2.05, 4.69) is 20.8 Å². The number of anilines is 1. The first-order chi connectivity index (χ1) is 14.5. The molecule has 0 spiro atoms. The molecule has 0 aliphatic rings. The standard InChI is InChI=1S/C20H29N7O3/c1-14-24-25-19-18(21-9-5-6-10-22-20(28)26(2)3)23-16-13-15(30-12-11-29-4)7-8-17(16)27(14)19/h7-8,13H,5-6,9-12H2,1-4H3,(H,21,23)(H,22,28). The van der Waals surface area contributed by atoms with Gasteiger partial charge >= 0.3 is 6.03 Å². The van der Waals surface area contributed by atoms with Crippen LogP contribution in [0.4, 0.5) is 10.6 Å². The number of carbonyl (C=O) groups excluding carboxylic acids is 1. The molecule has 2 heterocycles. The quantitative estimate of drug-likeness (QED) is 0.488. The van der Waals surface area contributed by atoms with Crippen LogP contribution in [-0.4, -0.2) is 78.0 Å². The Kier molecular flexibility index (Phi) is 7.23. The van der Waals surface area contributed by atoms with Crippen LogP contribution in [0.1, 0.15) is 18.7 Å². The summed E-state index contributed by atoms with van der Waals surface area (Å²) in [5.41, 5.74) is 2.40. The Labute approximate surface area is 175 Å². The SMILES string of the molecule is COCCOc1ccc2c(c1)nc(NCCCCNC(=O)N(C)C)c1nnc(C)n12. The molecule has 0 atom stereocenters. The van der Waals surface area contributed by atoms with Crippen molar-refractivity contribution in [1.29, 1.82) is 0 Å². The fraction of sp³-hybridized carbons (Fsp3) is 0.500. The maximum atomic E-state index is 11.5. The molecule has 0 radical (unpaired) electrons. The van der Waals surface area contributed by atoms with Gasteiger partial charge in [-0.05, 0) is 31.9 Å². The van der Waals surface area contributed by atoms with Crippen molar-refractivity contribution in [2.45, 2.75) is 19.8 Å². The molecule has 2 aromatic heterocycles. The highest BCUT2D eigenvalue weighted by atomic mass is 16.5. The molecule has 30 heavy (non-hydrogen) atoms. The minimum absolute atomic E-state index is 0.0803. The average Bonchev–Trinajstić information content (AvgIpc) is 3.12. The van der Waals surface area contributed by atoms with Crippen LogP contribution < -0.4 is 15.4 Å². The van der Waals surface area contributed by atoms with E-state index >= 15 is 0 Å². The molecule has 0 bridgehead atoms. The van der Waals surface area contributed by atoms with E-state index in [1.54, 1.807) is 21.2 Å². The molecule has 10 nitrogen and oxygen atoms in total. The highest BCUT2D eigenvalue weighted by Crippen LogP contribution is 2.25. The zero-order valence-corrected chi connectivity index (χ0v) is 17.9. The van der Waals surface area contributed by atoms with Gasteiger partial charge in [-0.3, -0.25) is 4.40 Å². The van der Waals surface area contributed by atoms with E-state index in [4.69, 9.17) is 14.5 Å². The van der Waals surface area contributed by atoms with Gasteiger partial charge in [-0.25, -0.2) is 9.78 Å². The molecule has 2 amide bonds. The molecular formula is C20H29N7O3. The number of rotatable bonds is 10. The lowest BCUT2D eigenvalue weighted by Crippen LogP contribution is -2.35. The predicted octanol–water partition coefficient (Wildman–Crippen LogP) is 2.07. The topological polar surface area (TPSA) is 106 Å². The maximum absolute atomic E-state index is 11.5. The predicted molar refractivity (Wildman–Crippen MR) is 115 cm³/mol. The van der Waals surface area contributed by atoms with E-state index in [1.165, 1.54) is 4.90 Å². The van der Waals surface area contributed by atoms with Crippen molar-refractivity contribution < 1.29 is 14.3 Å². The van der Waals surface area contributed by atoms with Crippen LogP contribution in [0.15, 0.2) is 18.2 Å². The van der Waals surface area contributed by atoms with E-state index in [0.29, 0.717) is 37.8 Å². The van der Waals surface area contributed by atoms with E-state index in [9.17, 15) is 4.79 Å². The summed E-state index contributed by atoms with van der Waals surface area (Å²) in [7, 11) is 5.09. The Bertz CT molecular complexity index is 1000. The molecule has 0 saturated heterocycles. The molecule has 0 unspecified atom stereocenters. The molecule has 3 rings (SSSR count). The van der Waals surface area contributed by atoms with E-state index in [-0.39, 0.29) is 6.03 Å². The number of ether oxygens (including phenoxy) is 2. The van der Waals surface area contributed by atoms with Gasteiger partial charge in [0.2, 0.25) is 5.65 Å². The van der Waals surface area contributed by atoms with Crippen molar-refractivity contribution in [3.63, 3.8) is 0 Å². The van der Waals surface area contributed by atoms with Crippen molar-refractivity contribution in [1.82, 2.24) is 29.8 Å². The minimum Gasteiger partial charge on any atom is -0.491 e. The van der Waals surface area contributed by atoms with Crippen molar-refractivity contribution in [3.05, 3.63) is 24.0 Å². The highest BCUT2D eigenvalue weighted by molar-refractivity contribution is 5.84. The Hall–Kier alpha value is -3.14. The smallest absolute Gasteiger partial charge is 0.316 e. The number of nitrogens with one attached hydrogen (secondary N) is 2. The van der Waals surface area contributed by atoms with Crippen LogP contribution in [0, 0.1) is 6.92 Å². The highest BCUT2D eigenvalue weighted by Gasteiger charge is 2.13. The number of fused-ring (bicyclic) bond motifs is 3. The van der Waals surface area contributed by atoms with Gasteiger partial charge < -0.3 is 25.0 Å². The number of aromatic nitrogens is 4. The van der Waals surface area contributed by atoms with Crippen LogP contribution in [0.5, 0.6) is 5.75 Å². The van der Waals surface area contributed by atoms with Crippen molar-refractivity contribution in [3.8, 4) is 5.75 Å². The maximum Gasteiger partial charge on any atom is 0.316 e. The number of urea groups is 1. The molecule has 0 aliphatic heterocycles. The van der Waals surface area contributed by atoms with Crippen LogP contribution >= 0.6 is 0 Å². The van der Waals surface area contributed by atoms with Gasteiger partial charge in [0.15, 0.2) is 5.82 Å². The summed E-state index contributed by atoms with van der Waals surface area (Å²) in [4.78, 5) is 17.8. The van der Waals surface area contributed by atoms with Crippen molar-refractivity contribution in [2.24, 2.45) is 0 Å². The molecule has 162 valence electrons. The molecule has 2 N–H and O–H groups in total. The Balaban J connectivity index is 1.70. The number of aryl methyl sites for hydroxylation is 1. The number of carbonyl (C=O) groups is 1. The van der Waals surface area contributed by atoms with Gasteiger partial charge in [0.05, 0.1) is 17.6 Å². The number of hydrogen-bond acceptors (Lipinski definition) is 7. The average molecular weight is 415 g/mol. The van der Waals surface area contributed by atoms with E-state index < -0.39 is 0 Å². The normalized spacial score (nSPS) is 11.1. The molecule has 3 aromatic rings. The minimum atomic E-state index is -0.0803. The second kappa shape index (κ2) is 10.1. The van der Waals surface area contributed by atoms with Crippen LogP contribution in [0.2, 0.25) is 0 Å². The fourth-order valence-electron chi connectivity index (χ4n) is 3.02. The molecular weight excluding hydrogens is 386 g/mol. The van der Waals surface area contributed by atoms with Crippen molar-refractivity contribution in [2.75, 3.05) is 52.8 Å². The summed E-state index contributed by atoms with van der Waals surface area (Å²) in [6, 6.07) is 5.70. The molecule has 1 aromatic carbocycles. The lowest BCUT2D eigenvalue weighted by Gasteiger charge is -2.13. The first-order valence-electron chi connectivity index (χ1n) is 9.97. The third-order valence-corrected chi connectivity index (χ3v) is 4.59. The number of benzene rings is 1. The molecule has 10 heteroatoms. The Morgan fingerprint density at radius 2 is 1.97 bits per heavy atom. The number of methoxy groups -OCH3 is 1. The summed E-state index contributed by atoms with van der Waals surface area (Å²) in [5, 5.41) is 14.7. The third-order valence-electron chi connectivity index (χ3n) is 4.59. The van der Waals surface area contributed by atoms with Crippen LogP contribution in [-0.2, 0) is 4.74 Å². The lowest BCUT2D eigenvalue weighted by molar-refractivity contribution is 0.146. The summed E-state index contributed by atoms with van der Waals surface area (Å²) in [5.74, 6) is 2.20. The number of amides is 2. The van der Waals surface area contributed by atoms with Gasteiger partial charge in [0.1, 0.15) is 18.2 Å². The fourth-order valence-corrected chi connectivity index (χ4v) is 3.02. The zero-order valence-electron chi connectivity index (χ0n) is 17.9. The van der Waals surface area contributed by atoms with E-state index in [1.807, 2.05) is 29.5 Å². The second-order valence-corrected chi connectivity index (χ2v) is 7.12. The first-order valence-corrected chi connectivity index (χ1v) is 9.97. The summed E-state index contributed by atoms with van der Waals surface area (Å²) < 4.78 is 12.7. The van der Waals surface area contributed by atoms with Gasteiger partial charge in [0.25, 0.3) is 0 Å². The largest absolute Gasteiger partial charge is 0.491 e. The van der Waals surface area contributed by atoms with Crippen LogP contribution in [0.25, 0.3) is 16.7 Å². The number of hydrogen-bond donors (Lipinski definition) is 2. The van der Waals surface area contributed by atoms with Crippen molar-refractivity contribution >= 4 is 28.5 Å². The zero-order chi connectivity index (χ0) is 21.5. The third kappa shape index (κ3) is 5.07. The first kappa shape index (κ1) is 21.6. The second-order valence-electron chi connectivity index (χ2n) is 7.12. The van der Waals surface area contributed by atoms with Gasteiger partial charge in [0, 0.05) is 40.4 Å². The van der Waals surface area contributed by atoms with Crippen LogP contribution in [0.3, 0.4) is 0 Å². The molecule has 0 aliphatic carbocycles. The number of nitrogens with zero attached hydrogens (tertiary/aromatic N) is 5. The Morgan fingerprint density at radius 1 is 1.17 bits per heavy atom. The van der Waals surface area contributed by atoms with Gasteiger partial charge in [-0.2, -0.15) is 0 Å². The lowest BCUT2D eigenvalue weighted by atomic mass is 10.2. The summed E-state index contributed by atoms with van der Waals surface area (Å²) in [6.45, 7) is 4.26.